The molecule has 5 N–H and O–H groups in total. The number of aliphatic hydroxyl groups excluding tert-OH is 1. The number of carbonyl (C=O) groups is 1. The highest BCUT2D eigenvalue weighted by Crippen LogP contribution is 2.32. The van der Waals surface area contributed by atoms with Crippen molar-refractivity contribution in [3.63, 3.8) is 0 Å². The molecule has 1 aliphatic carbocycles. The molecule has 0 unspecified atom stereocenters. The van der Waals surface area contributed by atoms with E-state index >= 15 is 0 Å². The monoisotopic (exact) mass is 545 g/mol. The summed E-state index contributed by atoms with van der Waals surface area (Å²) in [6, 6.07) is 19.3. The summed E-state index contributed by atoms with van der Waals surface area (Å²) in [7, 11) is 0. The highest BCUT2D eigenvalue weighted by atomic mass is 16.3. The topological polar surface area (TPSA) is 164 Å². The van der Waals surface area contributed by atoms with Crippen molar-refractivity contribution in [1.82, 2.24) is 34.3 Å². The Hall–Kier alpha value is -5.42. The Morgan fingerprint density at radius 2 is 1.76 bits per heavy atom. The molecule has 41 heavy (non-hydrogen) atoms. The van der Waals surface area contributed by atoms with Crippen LogP contribution in [0, 0.1) is 0 Å². The van der Waals surface area contributed by atoms with Crippen LogP contribution in [0.4, 0.5) is 5.82 Å². The van der Waals surface area contributed by atoms with Crippen LogP contribution in [0.15, 0.2) is 85.5 Å². The van der Waals surface area contributed by atoms with Crippen molar-refractivity contribution in [3.8, 4) is 22.9 Å². The molecule has 0 saturated carbocycles. The minimum absolute atomic E-state index is 0.265. The number of aromatic nitrogens is 7. The molecule has 0 radical (unpaired) electrons. The lowest BCUT2D eigenvalue weighted by atomic mass is 10.1. The largest absolute Gasteiger partial charge is 0.390 e. The Labute approximate surface area is 235 Å². The molecule has 0 saturated heterocycles. The number of carbonyl (C=O) groups excluding carboxylic acids is 1. The minimum Gasteiger partial charge on any atom is -0.390 e. The summed E-state index contributed by atoms with van der Waals surface area (Å²) < 4.78 is 3.83. The number of anilines is 1. The van der Waals surface area contributed by atoms with Gasteiger partial charge in [-0.15, -0.1) is 0 Å². The molecule has 11 nitrogen and oxygen atoms in total. The Kier molecular flexibility index (Phi) is 6.92. The predicted molar refractivity (Wildman–Crippen MR) is 154 cm³/mol. The molecule has 204 valence electrons. The summed E-state index contributed by atoms with van der Waals surface area (Å²) in [4.78, 5) is 28.5. The molecular formula is C30H27N9O2. The number of nitrogens with two attached hydrogens (primary N) is 2. The van der Waals surface area contributed by atoms with Crippen molar-refractivity contribution in [2.45, 2.75) is 25.9 Å². The normalized spacial score (nSPS) is 12.1. The molecule has 0 spiro atoms. The molecule has 0 fully saturated rings. The van der Waals surface area contributed by atoms with Crippen molar-refractivity contribution in [1.29, 1.82) is 0 Å². The van der Waals surface area contributed by atoms with Crippen molar-refractivity contribution in [3.05, 3.63) is 108 Å². The van der Waals surface area contributed by atoms with E-state index in [0.717, 1.165) is 46.9 Å². The van der Waals surface area contributed by atoms with Crippen LogP contribution in [0.3, 0.4) is 0 Å². The zero-order valence-corrected chi connectivity index (χ0v) is 22.1. The first-order chi connectivity index (χ1) is 20.0. The van der Waals surface area contributed by atoms with E-state index in [1.54, 1.807) is 23.1 Å². The summed E-state index contributed by atoms with van der Waals surface area (Å²) in [6.45, 7) is -0.265. The number of nitrogens with zero attached hydrogens (tertiary/aromatic N) is 7. The van der Waals surface area contributed by atoms with Gasteiger partial charge in [0.05, 0.1) is 23.4 Å². The Bertz CT molecular complexity index is 1860. The van der Waals surface area contributed by atoms with E-state index in [1.807, 2.05) is 36.5 Å². The molecule has 5 heterocycles. The standard InChI is InChI=1S/C23H19N7.C7H8N2O2/c24-21-18(6-2-11-25-21)22-27-19-9-10-20(29-13-3-12-26-29)28-23(19)30(22)17-8-7-15-4-1-5-16(15)14-17;8-7(11)5-2-1-3-9-6(5)4-10/h2-3,6-14H,1,4-5H2,(H2,24,25);1-3,10H,4H2,(H2,8,11). The van der Waals surface area contributed by atoms with Gasteiger partial charge in [-0.25, -0.2) is 19.6 Å². The number of nitrogen functional groups attached to an aromatic ring is 1. The predicted octanol–water partition coefficient (Wildman–Crippen LogP) is 3.41. The van der Waals surface area contributed by atoms with Gasteiger partial charge in [-0.05, 0) is 85.0 Å². The number of hydrogen-bond donors (Lipinski definition) is 3. The summed E-state index contributed by atoms with van der Waals surface area (Å²) >= 11 is 0. The first kappa shape index (κ1) is 25.8. The summed E-state index contributed by atoms with van der Waals surface area (Å²) in [5.41, 5.74) is 18.0. The van der Waals surface area contributed by atoms with Crippen molar-refractivity contribution in [2.24, 2.45) is 5.73 Å². The Balaban J connectivity index is 0.000000233. The molecule has 0 aliphatic heterocycles. The van der Waals surface area contributed by atoms with Gasteiger partial charge in [0.15, 0.2) is 17.3 Å². The zero-order chi connectivity index (χ0) is 28.3. The van der Waals surface area contributed by atoms with Crippen LogP contribution in [0.2, 0.25) is 0 Å². The van der Waals surface area contributed by atoms with E-state index in [-0.39, 0.29) is 12.2 Å². The molecule has 6 aromatic rings. The number of benzene rings is 1. The summed E-state index contributed by atoms with van der Waals surface area (Å²) in [5.74, 6) is 1.35. The second-order valence-corrected chi connectivity index (χ2v) is 9.50. The summed E-state index contributed by atoms with van der Waals surface area (Å²) in [5, 5.41) is 13.0. The third kappa shape index (κ3) is 5.01. The van der Waals surface area contributed by atoms with Gasteiger partial charge in [-0.1, -0.05) is 6.07 Å². The number of rotatable bonds is 5. The molecule has 1 aromatic carbocycles. The average Bonchev–Trinajstić information content (AvgIpc) is 3.77. The van der Waals surface area contributed by atoms with E-state index in [9.17, 15) is 4.79 Å². The number of primary amides is 1. The van der Waals surface area contributed by atoms with Gasteiger partial charge in [0, 0.05) is 30.5 Å². The molecule has 1 aliphatic rings. The van der Waals surface area contributed by atoms with Crippen LogP contribution in [-0.4, -0.2) is 45.3 Å². The molecule has 7 rings (SSSR count). The summed E-state index contributed by atoms with van der Waals surface area (Å²) in [6.07, 6.45) is 10.3. The Morgan fingerprint density at radius 1 is 0.927 bits per heavy atom. The van der Waals surface area contributed by atoms with E-state index in [4.69, 9.17) is 26.5 Å². The zero-order valence-electron chi connectivity index (χ0n) is 22.1. The third-order valence-electron chi connectivity index (χ3n) is 6.95. The van der Waals surface area contributed by atoms with Gasteiger partial charge in [0.2, 0.25) is 0 Å². The lowest BCUT2D eigenvalue weighted by molar-refractivity contribution is 0.0996. The first-order valence-electron chi connectivity index (χ1n) is 13.1. The number of amides is 1. The number of pyridine rings is 3. The second-order valence-electron chi connectivity index (χ2n) is 9.50. The lowest BCUT2D eigenvalue weighted by Gasteiger charge is -2.12. The first-order valence-corrected chi connectivity index (χ1v) is 13.1. The fourth-order valence-electron chi connectivity index (χ4n) is 5.00. The minimum atomic E-state index is -0.567. The maximum absolute atomic E-state index is 10.7. The van der Waals surface area contributed by atoms with Crippen LogP contribution in [0.5, 0.6) is 0 Å². The average molecular weight is 546 g/mol. The fourth-order valence-corrected chi connectivity index (χ4v) is 5.00. The molecule has 1 amide bonds. The van der Waals surface area contributed by atoms with Crippen LogP contribution in [0.1, 0.15) is 33.6 Å². The number of fused-ring (bicyclic) bond motifs is 2. The maximum Gasteiger partial charge on any atom is 0.250 e. The van der Waals surface area contributed by atoms with Crippen LogP contribution in [-0.2, 0) is 19.4 Å². The highest BCUT2D eigenvalue weighted by Gasteiger charge is 2.20. The van der Waals surface area contributed by atoms with Crippen LogP contribution < -0.4 is 11.5 Å². The number of imidazole rings is 1. The molecular weight excluding hydrogens is 518 g/mol. The highest BCUT2D eigenvalue weighted by molar-refractivity contribution is 5.93. The molecule has 5 aromatic heterocycles. The molecule has 11 heteroatoms. The second kappa shape index (κ2) is 11.0. The van der Waals surface area contributed by atoms with Gasteiger partial charge in [0.1, 0.15) is 11.3 Å². The van der Waals surface area contributed by atoms with Crippen molar-refractivity contribution < 1.29 is 9.90 Å². The lowest BCUT2D eigenvalue weighted by Crippen LogP contribution is -2.14. The van der Waals surface area contributed by atoms with Crippen LogP contribution in [0.25, 0.3) is 34.1 Å². The van der Waals surface area contributed by atoms with Crippen LogP contribution >= 0.6 is 0 Å². The van der Waals surface area contributed by atoms with Gasteiger partial charge in [-0.2, -0.15) is 5.10 Å². The Morgan fingerprint density at radius 3 is 2.51 bits per heavy atom. The third-order valence-corrected chi connectivity index (χ3v) is 6.95. The maximum atomic E-state index is 10.7. The number of hydrogen-bond acceptors (Lipinski definition) is 8. The molecule has 0 atom stereocenters. The number of aliphatic hydroxyl groups is 1. The van der Waals surface area contributed by atoms with E-state index in [0.29, 0.717) is 11.5 Å². The van der Waals surface area contributed by atoms with E-state index < -0.39 is 5.91 Å². The quantitative estimate of drug-likeness (QED) is 0.297. The number of aryl methyl sites for hydroxylation is 2. The van der Waals surface area contributed by atoms with Gasteiger partial charge < -0.3 is 16.6 Å². The molecule has 0 bridgehead atoms. The van der Waals surface area contributed by atoms with Gasteiger partial charge in [-0.3, -0.25) is 14.3 Å². The van der Waals surface area contributed by atoms with Crippen molar-refractivity contribution >= 4 is 22.9 Å². The van der Waals surface area contributed by atoms with E-state index in [1.165, 1.54) is 29.8 Å². The van der Waals surface area contributed by atoms with Gasteiger partial charge in [0.25, 0.3) is 5.91 Å². The fraction of sp³-hybridized carbons (Fsp3) is 0.133. The van der Waals surface area contributed by atoms with E-state index in [2.05, 4.69) is 37.8 Å². The SMILES string of the molecule is NC(=O)c1cccnc1CO.Nc1ncccc1-c1nc2ccc(-n3cccn3)nc2n1-c1ccc2c(c1)CCC2. The van der Waals surface area contributed by atoms with Crippen molar-refractivity contribution in [2.75, 3.05) is 5.73 Å². The van der Waals surface area contributed by atoms with Gasteiger partial charge >= 0.3 is 0 Å². The smallest absolute Gasteiger partial charge is 0.250 e.